The summed E-state index contributed by atoms with van der Waals surface area (Å²) in [6.45, 7) is 1.99. The predicted octanol–water partition coefficient (Wildman–Crippen LogP) is 4.20. The third-order valence-corrected chi connectivity index (χ3v) is 2.76. The van der Waals surface area contributed by atoms with E-state index in [4.69, 9.17) is 0 Å². The molecule has 1 aliphatic carbocycles. The zero-order chi connectivity index (χ0) is 10.9. The number of rotatable bonds is 1. The summed E-state index contributed by atoms with van der Waals surface area (Å²) in [6, 6.07) is 7.76. The standard InChI is InChI=1S/C13H14F2/c1-10-4-6-11(7-5-10)12-3-2-8-13(14,15)9-12/h4-7,9H,2-3,8H2,1H3. The summed E-state index contributed by atoms with van der Waals surface area (Å²) < 4.78 is 26.3. The molecule has 0 saturated carbocycles. The molecule has 0 fully saturated rings. The molecule has 0 heterocycles. The van der Waals surface area contributed by atoms with Crippen molar-refractivity contribution < 1.29 is 8.78 Å². The Kier molecular flexibility index (Phi) is 2.59. The number of hydrogen-bond acceptors (Lipinski definition) is 0. The first kappa shape index (κ1) is 10.3. The minimum Gasteiger partial charge on any atom is -0.202 e. The van der Waals surface area contributed by atoms with E-state index >= 15 is 0 Å². The summed E-state index contributed by atoms with van der Waals surface area (Å²) in [5.41, 5.74) is 2.87. The Balaban J connectivity index is 2.31. The van der Waals surface area contributed by atoms with Crippen LogP contribution in [0.25, 0.3) is 5.57 Å². The molecule has 0 saturated heterocycles. The molecule has 0 nitrogen and oxygen atoms in total. The number of benzene rings is 1. The lowest BCUT2D eigenvalue weighted by atomic mass is 9.91. The molecule has 0 bridgehead atoms. The fourth-order valence-electron chi connectivity index (χ4n) is 1.91. The summed E-state index contributed by atoms with van der Waals surface area (Å²) in [7, 11) is 0. The molecule has 0 radical (unpaired) electrons. The smallest absolute Gasteiger partial charge is 0.202 e. The van der Waals surface area contributed by atoms with Gasteiger partial charge in [0.05, 0.1) is 0 Å². The highest BCUT2D eigenvalue weighted by Gasteiger charge is 2.29. The monoisotopic (exact) mass is 208 g/mol. The van der Waals surface area contributed by atoms with Crippen LogP contribution >= 0.6 is 0 Å². The van der Waals surface area contributed by atoms with Crippen LogP contribution < -0.4 is 0 Å². The van der Waals surface area contributed by atoms with E-state index in [1.54, 1.807) is 0 Å². The van der Waals surface area contributed by atoms with Crippen molar-refractivity contribution in [1.82, 2.24) is 0 Å². The lowest BCUT2D eigenvalue weighted by Crippen LogP contribution is -2.16. The van der Waals surface area contributed by atoms with Gasteiger partial charge >= 0.3 is 0 Å². The van der Waals surface area contributed by atoms with E-state index in [0.29, 0.717) is 6.42 Å². The molecule has 80 valence electrons. The van der Waals surface area contributed by atoms with Gasteiger partial charge in [0.25, 0.3) is 5.92 Å². The molecule has 0 unspecified atom stereocenters. The van der Waals surface area contributed by atoms with E-state index in [1.807, 2.05) is 31.2 Å². The lowest BCUT2D eigenvalue weighted by Gasteiger charge is -2.20. The van der Waals surface area contributed by atoms with Gasteiger partial charge in [0.15, 0.2) is 0 Å². The predicted molar refractivity (Wildman–Crippen MR) is 58.0 cm³/mol. The van der Waals surface area contributed by atoms with Crippen LogP contribution in [0, 0.1) is 6.92 Å². The van der Waals surface area contributed by atoms with Gasteiger partial charge in [-0.2, -0.15) is 0 Å². The van der Waals surface area contributed by atoms with Crippen LogP contribution in [-0.2, 0) is 0 Å². The molecule has 0 N–H and O–H groups in total. The highest BCUT2D eigenvalue weighted by atomic mass is 19.3. The SMILES string of the molecule is Cc1ccc(C2=CC(F)(F)CCC2)cc1. The Hall–Kier alpha value is -1.18. The molecule has 1 aromatic carbocycles. The van der Waals surface area contributed by atoms with Crippen LogP contribution in [-0.4, -0.2) is 5.92 Å². The topological polar surface area (TPSA) is 0 Å². The van der Waals surface area contributed by atoms with E-state index in [9.17, 15) is 8.78 Å². The Morgan fingerprint density at radius 3 is 2.40 bits per heavy atom. The number of alkyl halides is 2. The molecule has 0 aliphatic heterocycles. The van der Waals surface area contributed by atoms with Crippen LogP contribution in [0.4, 0.5) is 8.78 Å². The van der Waals surface area contributed by atoms with Gasteiger partial charge in [-0.15, -0.1) is 0 Å². The van der Waals surface area contributed by atoms with Crippen molar-refractivity contribution >= 4 is 5.57 Å². The van der Waals surface area contributed by atoms with Crippen molar-refractivity contribution in [3.8, 4) is 0 Å². The summed E-state index contributed by atoms with van der Waals surface area (Å²) in [6.07, 6.45) is 2.45. The summed E-state index contributed by atoms with van der Waals surface area (Å²) in [5, 5.41) is 0. The molecular weight excluding hydrogens is 194 g/mol. The van der Waals surface area contributed by atoms with Gasteiger partial charge < -0.3 is 0 Å². The third kappa shape index (κ3) is 2.44. The van der Waals surface area contributed by atoms with Crippen LogP contribution in [0.2, 0.25) is 0 Å². The fourth-order valence-corrected chi connectivity index (χ4v) is 1.91. The van der Waals surface area contributed by atoms with Crippen LogP contribution in [0.15, 0.2) is 30.3 Å². The fraction of sp³-hybridized carbons (Fsp3) is 0.385. The van der Waals surface area contributed by atoms with Crippen molar-refractivity contribution in [2.75, 3.05) is 0 Å². The molecule has 0 spiro atoms. The van der Waals surface area contributed by atoms with Gasteiger partial charge in [-0.3, -0.25) is 0 Å². The van der Waals surface area contributed by atoms with Gasteiger partial charge in [-0.1, -0.05) is 29.8 Å². The molecule has 0 amide bonds. The highest BCUT2D eigenvalue weighted by molar-refractivity contribution is 5.67. The van der Waals surface area contributed by atoms with E-state index in [-0.39, 0.29) is 6.42 Å². The maximum Gasteiger partial charge on any atom is 0.267 e. The second-order valence-electron chi connectivity index (χ2n) is 4.15. The largest absolute Gasteiger partial charge is 0.267 e. The molecular formula is C13H14F2. The number of aryl methyl sites for hydroxylation is 1. The van der Waals surface area contributed by atoms with Crippen LogP contribution in [0.3, 0.4) is 0 Å². The third-order valence-electron chi connectivity index (χ3n) is 2.76. The van der Waals surface area contributed by atoms with Gasteiger partial charge in [0.2, 0.25) is 0 Å². The van der Waals surface area contributed by atoms with Crippen molar-refractivity contribution in [2.45, 2.75) is 32.1 Å². The minimum absolute atomic E-state index is 0.0115. The van der Waals surface area contributed by atoms with Crippen molar-refractivity contribution in [3.63, 3.8) is 0 Å². The first-order chi connectivity index (χ1) is 7.07. The highest BCUT2D eigenvalue weighted by Crippen LogP contribution is 2.35. The van der Waals surface area contributed by atoms with Crippen molar-refractivity contribution in [3.05, 3.63) is 41.5 Å². The Morgan fingerprint density at radius 2 is 1.80 bits per heavy atom. The minimum atomic E-state index is -2.61. The van der Waals surface area contributed by atoms with Gasteiger partial charge in [0.1, 0.15) is 0 Å². The summed E-state index contributed by atoms with van der Waals surface area (Å²) in [4.78, 5) is 0. The van der Waals surface area contributed by atoms with E-state index in [2.05, 4.69) is 0 Å². The molecule has 2 heteroatoms. The molecule has 0 aromatic heterocycles. The maximum atomic E-state index is 13.1. The average Bonchev–Trinajstić information content (AvgIpc) is 2.17. The first-order valence-corrected chi connectivity index (χ1v) is 5.23. The molecule has 15 heavy (non-hydrogen) atoms. The second kappa shape index (κ2) is 3.76. The van der Waals surface area contributed by atoms with E-state index in [1.165, 1.54) is 0 Å². The lowest BCUT2D eigenvalue weighted by molar-refractivity contribution is 0.0404. The van der Waals surface area contributed by atoms with Gasteiger partial charge in [0, 0.05) is 6.42 Å². The van der Waals surface area contributed by atoms with E-state index in [0.717, 1.165) is 29.2 Å². The van der Waals surface area contributed by atoms with Crippen LogP contribution in [0.1, 0.15) is 30.4 Å². The van der Waals surface area contributed by atoms with Gasteiger partial charge in [-0.05, 0) is 37.0 Å². The summed E-state index contributed by atoms with van der Waals surface area (Å²) >= 11 is 0. The Labute approximate surface area is 88.6 Å². The molecule has 0 atom stereocenters. The number of allylic oxidation sites excluding steroid dienone is 2. The van der Waals surface area contributed by atoms with Crippen molar-refractivity contribution in [2.24, 2.45) is 0 Å². The second-order valence-corrected chi connectivity index (χ2v) is 4.15. The zero-order valence-electron chi connectivity index (χ0n) is 8.76. The zero-order valence-corrected chi connectivity index (χ0v) is 8.76. The normalized spacial score (nSPS) is 19.8. The Morgan fingerprint density at radius 1 is 1.13 bits per heavy atom. The van der Waals surface area contributed by atoms with Crippen LogP contribution in [0.5, 0.6) is 0 Å². The average molecular weight is 208 g/mol. The molecule has 1 aromatic rings. The number of hydrogen-bond donors (Lipinski definition) is 0. The maximum absolute atomic E-state index is 13.1. The molecule has 2 rings (SSSR count). The van der Waals surface area contributed by atoms with Crippen molar-refractivity contribution in [1.29, 1.82) is 0 Å². The number of halogens is 2. The molecule has 1 aliphatic rings. The first-order valence-electron chi connectivity index (χ1n) is 5.23. The quantitative estimate of drug-likeness (QED) is 0.649. The summed E-state index contributed by atoms with van der Waals surface area (Å²) in [5.74, 6) is -2.61. The van der Waals surface area contributed by atoms with E-state index < -0.39 is 5.92 Å². The Bertz CT molecular complexity index is 374. The van der Waals surface area contributed by atoms with Gasteiger partial charge in [-0.25, -0.2) is 8.78 Å².